The molecule has 0 unspecified atom stereocenters. The Morgan fingerprint density at radius 1 is 1.24 bits per heavy atom. The summed E-state index contributed by atoms with van der Waals surface area (Å²) < 4.78 is 8.60. The van der Waals surface area contributed by atoms with Crippen LogP contribution in [0.3, 0.4) is 0 Å². The Kier molecular flexibility index (Phi) is 2.73. The van der Waals surface area contributed by atoms with E-state index in [9.17, 15) is 4.79 Å². The molecule has 0 bridgehead atoms. The third-order valence-electron chi connectivity index (χ3n) is 3.56. The third-order valence-corrected chi connectivity index (χ3v) is 3.56. The van der Waals surface area contributed by atoms with Crippen molar-refractivity contribution in [3.63, 3.8) is 0 Å². The third kappa shape index (κ3) is 2.18. The maximum Gasteiger partial charge on any atom is 0.346 e. The normalized spacial score (nSPS) is 14.5. The van der Waals surface area contributed by atoms with Gasteiger partial charge in [0.1, 0.15) is 0 Å². The fourth-order valence-electron chi connectivity index (χ4n) is 2.40. The highest BCUT2D eigenvalue weighted by Crippen LogP contribution is 2.36. The van der Waals surface area contributed by atoms with Gasteiger partial charge in [0.25, 0.3) is 0 Å². The molecule has 21 heavy (non-hydrogen) atoms. The van der Waals surface area contributed by atoms with E-state index in [1.165, 1.54) is 4.68 Å². The van der Waals surface area contributed by atoms with E-state index in [0.717, 1.165) is 18.5 Å². The first-order chi connectivity index (χ1) is 10.3. The standard InChI is InChI=1S/C15H14N4O2/c20-15-18(10-11-4-1-2-8-16-11)17-14(13-5-3-9-21-13)19(15)12-6-7-12/h1-5,8-9,12H,6-7,10H2. The van der Waals surface area contributed by atoms with Crippen molar-refractivity contribution in [2.75, 3.05) is 0 Å². The highest BCUT2D eigenvalue weighted by atomic mass is 16.3. The minimum Gasteiger partial charge on any atom is -0.461 e. The van der Waals surface area contributed by atoms with Crippen molar-refractivity contribution in [2.45, 2.75) is 25.4 Å². The first kappa shape index (κ1) is 12.1. The zero-order valence-electron chi connectivity index (χ0n) is 11.3. The number of aromatic nitrogens is 4. The fourth-order valence-corrected chi connectivity index (χ4v) is 2.40. The van der Waals surface area contributed by atoms with E-state index >= 15 is 0 Å². The molecule has 0 aliphatic heterocycles. The van der Waals surface area contributed by atoms with Crippen molar-refractivity contribution in [3.8, 4) is 11.6 Å². The van der Waals surface area contributed by atoms with Crippen LogP contribution in [0.4, 0.5) is 0 Å². The lowest BCUT2D eigenvalue weighted by Crippen LogP contribution is -2.25. The summed E-state index contributed by atoms with van der Waals surface area (Å²) in [7, 11) is 0. The maximum absolute atomic E-state index is 12.6. The number of nitrogens with zero attached hydrogens (tertiary/aromatic N) is 4. The molecule has 0 radical (unpaired) electrons. The highest BCUT2D eigenvalue weighted by Gasteiger charge is 2.31. The van der Waals surface area contributed by atoms with Gasteiger partial charge in [-0.15, -0.1) is 5.10 Å². The molecule has 6 nitrogen and oxygen atoms in total. The van der Waals surface area contributed by atoms with Crippen molar-refractivity contribution in [3.05, 3.63) is 59.0 Å². The molecule has 0 aromatic carbocycles. The molecule has 1 fully saturated rings. The van der Waals surface area contributed by atoms with Crippen LogP contribution in [-0.4, -0.2) is 19.3 Å². The lowest BCUT2D eigenvalue weighted by atomic mass is 10.3. The Morgan fingerprint density at radius 2 is 2.14 bits per heavy atom. The smallest absolute Gasteiger partial charge is 0.346 e. The zero-order chi connectivity index (χ0) is 14.2. The van der Waals surface area contributed by atoms with Crippen LogP contribution >= 0.6 is 0 Å². The fraction of sp³-hybridized carbons (Fsp3) is 0.267. The molecule has 1 aliphatic carbocycles. The number of pyridine rings is 1. The molecule has 3 aromatic heterocycles. The summed E-state index contributed by atoms with van der Waals surface area (Å²) in [5.41, 5.74) is 0.709. The second-order valence-electron chi connectivity index (χ2n) is 5.16. The molecule has 106 valence electrons. The van der Waals surface area contributed by atoms with E-state index < -0.39 is 0 Å². The number of hydrogen-bond donors (Lipinski definition) is 0. The molecular formula is C15H14N4O2. The van der Waals surface area contributed by atoms with Crippen LogP contribution in [0.1, 0.15) is 24.6 Å². The Morgan fingerprint density at radius 3 is 2.81 bits per heavy atom. The van der Waals surface area contributed by atoms with E-state index in [4.69, 9.17) is 4.42 Å². The summed E-state index contributed by atoms with van der Waals surface area (Å²) in [6.45, 7) is 0.368. The first-order valence-electron chi connectivity index (χ1n) is 6.96. The largest absolute Gasteiger partial charge is 0.461 e. The van der Waals surface area contributed by atoms with Crippen LogP contribution in [0.2, 0.25) is 0 Å². The van der Waals surface area contributed by atoms with E-state index in [1.807, 2.05) is 24.3 Å². The molecule has 4 rings (SSSR count). The summed E-state index contributed by atoms with van der Waals surface area (Å²) in [4.78, 5) is 16.8. The topological polar surface area (TPSA) is 65.8 Å². The number of rotatable bonds is 4. The summed E-state index contributed by atoms with van der Waals surface area (Å²) in [6.07, 6.45) is 5.34. The van der Waals surface area contributed by atoms with Gasteiger partial charge in [0.05, 0.1) is 18.5 Å². The second-order valence-corrected chi connectivity index (χ2v) is 5.16. The monoisotopic (exact) mass is 282 g/mol. The molecular weight excluding hydrogens is 268 g/mol. The predicted molar refractivity (Wildman–Crippen MR) is 75.8 cm³/mol. The average Bonchev–Trinajstić information content (AvgIpc) is 3.09. The number of furan rings is 1. The number of hydrogen-bond acceptors (Lipinski definition) is 4. The van der Waals surface area contributed by atoms with Gasteiger partial charge in [0.15, 0.2) is 5.76 Å². The van der Waals surface area contributed by atoms with Gasteiger partial charge in [0.2, 0.25) is 5.82 Å². The van der Waals surface area contributed by atoms with Crippen LogP contribution in [0.25, 0.3) is 11.6 Å². The van der Waals surface area contributed by atoms with Crippen LogP contribution in [-0.2, 0) is 6.54 Å². The molecule has 0 N–H and O–H groups in total. The van der Waals surface area contributed by atoms with Gasteiger partial charge in [-0.1, -0.05) is 6.07 Å². The van der Waals surface area contributed by atoms with Crippen molar-refractivity contribution >= 4 is 0 Å². The highest BCUT2D eigenvalue weighted by molar-refractivity contribution is 5.46. The molecule has 3 aromatic rings. The van der Waals surface area contributed by atoms with E-state index in [-0.39, 0.29) is 11.7 Å². The van der Waals surface area contributed by atoms with E-state index in [1.54, 1.807) is 23.1 Å². The van der Waals surface area contributed by atoms with Crippen LogP contribution < -0.4 is 5.69 Å². The van der Waals surface area contributed by atoms with Crippen LogP contribution in [0, 0.1) is 0 Å². The van der Waals surface area contributed by atoms with Gasteiger partial charge in [-0.2, -0.15) is 0 Å². The zero-order valence-corrected chi connectivity index (χ0v) is 11.3. The molecule has 0 amide bonds. The van der Waals surface area contributed by atoms with Gasteiger partial charge in [-0.25, -0.2) is 9.48 Å². The average molecular weight is 282 g/mol. The maximum atomic E-state index is 12.6. The molecule has 6 heteroatoms. The Balaban J connectivity index is 1.78. The predicted octanol–water partition coefficient (Wildman–Crippen LogP) is 2.08. The van der Waals surface area contributed by atoms with E-state index in [0.29, 0.717) is 18.1 Å². The van der Waals surface area contributed by atoms with Gasteiger partial charge in [0, 0.05) is 12.2 Å². The van der Waals surface area contributed by atoms with E-state index in [2.05, 4.69) is 10.1 Å². The molecule has 1 aliphatic rings. The quantitative estimate of drug-likeness (QED) is 0.735. The molecule has 0 spiro atoms. The summed E-state index contributed by atoms with van der Waals surface area (Å²) in [5.74, 6) is 1.22. The van der Waals surface area contributed by atoms with Crippen LogP contribution in [0.5, 0.6) is 0 Å². The Bertz CT molecular complexity index is 798. The first-order valence-corrected chi connectivity index (χ1v) is 6.96. The molecule has 0 saturated heterocycles. The van der Waals surface area contributed by atoms with Crippen LogP contribution in [0.15, 0.2) is 52.0 Å². The molecule has 0 atom stereocenters. The van der Waals surface area contributed by atoms with Gasteiger partial charge in [-0.05, 0) is 37.1 Å². The molecule has 3 heterocycles. The summed E-state index contributed by atoms with van der Waals surface area (Å²) in [5, 5.41) is 4.44. The van der Waals surface area contributed by atoms with Gasteiger partial charge in [-0.3, -0.25) is 9.55 Å². The minimum absolute atomic E-state index is 0.102. The van der Waals surface area contributed by atoms with Gasteiger partial charge >= 0.3 is 5.69 Å². The van der Waals surface area contributed by atoms with Crippen molar-refractivity contribution in [1.82, 2.24) is 19.3 Å². The van der Waals surface area contributed by atoms with Crippen molar-refractivity contribution in [2.24, 2.45) is 0 Å². The Hall–Kier alpha value is -2.63. The Labute approximate surface area is 120 Å². The lowest BCUT2D eigenvalue weighted by Gasteiger charge is -1.99. The van der Waals surface area contributed by atoms with Crippen molar-refractivity contribution in [1.29, 1.82) is 0 Å². The minimum atomic E-state index is -0.102. The second kappa shape index (κ2) is 4.73. The van der Waals surface area contributed by atoms with Crippen molar-refractivity contribution < 1.29 is 4.42 Å². The molecule has 1 saturated carbocycles. The van der Waals surface area contributed by atoms with Gasteiger partial charge < -0.3 is 4.42 Å². The lowest BCUT2D eigenvalue weighted by molar-refractivity contribution is 0.568. The summed E-state index contributed by atoms with van der Waals surface area (Å²) in [6, 6.07) is 9.51. The summed E-state index contributed by atoms with van der Waals surface area (Å²) >= 11 is 0. The SMILES string of the molecule is O=c1n(Cc2ccccn2)nc(-c2ccco2)n1C1CC1.